The van der Waals surface area contributed by atoms with Crippen molar-refractivity contribution in [3.8, 4) is 0 Å². The number of primary sulfonamides is 1. The van der Waals surface area contributed by atoms with Crippen LogP contribution in [0.25, 0.3) is 0 Å². The maximum atomic E-state index is 11.1. The molecule has 0 saturated carbocycles. The Bertz CT molecular complexity index is 473. The highest BCUT2D eigenvalue weighted by Crippen LogP contribution is 2.15. The quantitative estimate of drug-likeness (QED) is 0.584. The summed E-state index contributed by atoms with van der Waals surface area (Å²) in [5, 5.41) is 16.8. The van der Waals surface area contributed by atoms with Gasteiger partial charge in [-0.1, -0.05) is 12.1 Å². The lowest BCUT2D eigenvalue weighted by molar-refractivity contribution is 0.0928. The Kier molecular flexibility index (Phi) is 6.40. The van der Waals surface area contributed by atoms with Gasteiger partial charge in [-0.25, -0.2) is 13.6 Å². The zero-order valence-corrected chi connectivity index (χ0v) is 11.7. The molecule has 1 unspecified atom stereocenters. The number of hydrogen-bond acceptors (Lipinski definition) is 5. The molecule has 108 valence electrons. The highest BCUT2D eigenvalue weighted by atomic mass is 32.2. The molecule has 0 aliphatic heterocycles. The number of nitrogens with one attached hydrogen (secondary N) is 1. The fraction of sp³-hybridized carbons (Fsp3) is 0.500. The molecule has 0 spiro atoms. The number of nitrogens with two attached hydrogens (primary N) is 1. The molecule has 7 heteroatoms. The molecule has 6 nitrogen and oxygen atoms in total. The Morgan fingerprint density at radius 1 is 1.32 bits per heavy atom. The zero-order chi connectivity index (χ0) is 14.3. The molecular weight excluding hydrogens is 268 g/mol. The summed E-state index contributed by atoms with van der Waals surface area (Å²) in [6.07, 6.45) is 0. The van der Waals surface area contributed by atoms with Crippen LogP contribution in [-0.4, -0.2) is 39.9 Å². The molecule has 19 heavy (non-hydrogen) atoms. The largest absolute Gasteiger partial charge is 0.394 e. The molecule has 0 bridgehead atoms. The molecule has 0 radical (unpaired) electrons. The lowest BCUT2D eigenvalue weighted by Gasteiger charge is -2.14. The van der Waals surface area contributed by atoms with Crippen LogP contribution in [-0.2, 0) is 14.8 Å². The van der Waals surface area contributed by atoms with E-state index in [1.54, 1.807) is 12.1 Å². The second kappa shape index (κ2) is 7.56. The third-order valence-corrected chi connectivity index (χ3v) is 3.57. The number of ether oxygens (including phenoxy) is 1. The van der Waals surface area contributed by atoms with E-state index in [4.69, 9.17) is 15.0 Å². The van der Waals surface area contributed by atoms with Gasteiger partial charge in [-0.2, -0.15) is 0 Å². The first-order valence-corrected chi connectivity index (χ1v) is 7.54. The van der Waals surface area contributed by atoms with Crippen molar-refractivity contribution in [2.75, 3.05) is 26.4 Å². The van der Waals surface area contributed by atoms with Crippen molar-refractivity contribution in [1.29, 1.82) is 0 Å². The summed E-state index contributed by atoms with van der Waals surface area (Å²) < 4.78 is 27.3. The summed E-state index contributed by atoms with van der Waals surface area (Å²) >= 11 is 0. The number of hydrogen-bond donors (Lipinski definition) is 3. The van der Waals surface area contributed by atoms with E-state index in [0.717, 1.165) is 5.56 Å². The summed E-state index contributed by atoms with van der Waals surface area (Å²) in [4.78, 5) is 0.106. The fourth-order valence-electron chi connectivity index (χ4n) is 1.58. The van der Waals surface area contributed by atoms with Crippen LogP contribution < -0.4 is 10.5 Å². The van der Waals surface area contributed by atoms with Gasteiger partial charge >= 0.3 is 0 Å². The average Bonchev–Trinajstić information content (AvgIpc) is 2.37. The Hall–Kier alpha value is -0.990. The first-order valence-electron chi connectivity index (χ1n) is 6.00. The molecule has 0 aromatic heterocycles. The predicted octanol–water partition coefficient (Wildman–Crippen LogP) is -0.00650. The van der Waals surface area contributed by atoms with Crippen LogP contribution in [0.1, 0.15) is 18.5 Å². The highest BCUT2D eigenvalue weighted by molar-refractivity contribution is 7.89. The van der Waals surface area contributed by atoms with E-state index < -0.39 is 10.0 Å². The molecule has 4 N–H and O–H groups in total. The predicted molar refractivity (Wildman–Crippen MR) is 72.1 cm³/mol. The van der Waals surface area contributed by atoms with Crippen molar-refractivity contribution in [2.45, 2.75) is 17.9 Å². The molecule has 1 aromatic rings. The number of aliphatic hydroxyl groups excluding tert-OH is 1. The molecule has 0 amide bonds. The minimum atomic E-state index is -3.64. The molecule has 1 atom stereocenters. The van der Waals surface area contributed by atoms with E-state index in [2.05, 4.69) is 5.32 Å². The van der Waals surface area contributed by atoms with Crippen molar-refractivity contribution < 1.29 is 18.3 Å². The number of benzene rings is 1. The van der Waals surface area contributed by atoms with E-state index in [0.29, 0.717) is 19.8 Å². The van der Waals surface area contributed by atoms with E-state index in [1.807, 2.05) is 6.92 Å². The fourth-order valence-corrected chi connectivity index (χ4v) is 2.09. The maximum absolute atomic E-state index is 11.1. The molecule has 1 rings (SSSR count). The first kappa shape index (κ1) is 16.1. The molecule has 0 fully saturated rings. The Morgan fingerprint density at radius 3 is 2.47 bits per heavy atom. The van der Waals surface area contributed by atoms with E-state index in [9.17, 15) is 8.42 Å². The number of rotatable bonds is 8. The van der Waals surface area contributed by atoms with Gasteiger partial charge in [-0.05, 0) is 24.6 Å². The van der Waals surface area contributed by atoms with Gasteiger partial charge in [0.1, 0.15) is 0 Å². The monoisotopic (exact) mass is 288 g/mol. The van der Waals surface area contributed by atoms with Crippen molar-refractivity contribution in [1.82, 2.24) is 5.32 Å². The lowest BCUT2D eigenvalue weighted by atomic mass is 10.1. The zero-order valence-electron chi connectivity index (χ0n) is 10.9. The van der Waals surface area contributed by atoms with Crippen LogP contribution in [0.3, 0.4) is 0 Å². The number of sulfonamides is 1. The standard InChI is InChI=1S/C12H20N2O4S/c1-10(14-6-8-18-9-7-15)11-2-4-12(5-3-11)19(13,16)17/h2-5,10,14-15H,6-9H2,1H3,(H2,13,16,17). The highest BCUT2D eigenvalue weighted by Gasteiger charge is 2.09. The summed E-state index contributed by atoms with van der Waals surface area (Å²) in [6.45, 7) is 3.49. The van der Waals surface area contributed by atoms with Crippen LogP contribution in [0.2, 0.25) is 0 Å². The summed E-state index contributed by atoms with van der Waals surface area (Å²) in [5.41, 5.74) is 0.967. The summed E-state index contributed by atoms with van der Waals surface area (Å²) in [7, 11) is -3.64. The Labute approximate surface area is 113 Å². The molecule has 0 heterocycles. The molecule has 0 saturated heterocycles. The Balaban J connectivity index is 2.47. The smallest absolute Gasteiger partial charge is 0.238 e. The molecule has 1 aromatic carbocycles. The van der Waals surface area contributed by atoms with Crippen LogP contribution >= 0.6 is 0 Å². The average molecular weight is 288 g/mol. The minimum Gasteiger partial charge on any atom is -0.394 e. The third-order valence-electron chi connectivity index (χ3n) is 2.64. The minimum absolute atomic E-state index is 0.0184. The lowest BCUT2D eigenvalue weighted by Crippen LogP contribution is -2.23. The van der Waals surface area contributed by atoms with Crippen LogP contribution in [0.15, 0.2) is 29.2 Å². The first-order chi connectivity index (χ1) is 8.95. The normalized spacial score (nSPS) is 13.4. The number of aliphatic hydroxyl groups is 1. The van der Waals surface area contributed by atoms with Gasteiger partial charge in [0.25, 0.3) is 0 Å². The molecule has 0 aliphatic rings. The van der Waals surface area contributed by atoms with Crippen LogP contribution in [0.5, 0.6) is 0 Å². The third kappa shape index (κ3) is 5.66. The van der Waals surface area contributed by atoms with Gasteiger partial charge in [-0.15, -0.1) is 0 Å². The van der Waals surface area contributed by atoms with E-state index in [-0.39, 0.29) is 17.5 Å². The Morgan fingerprint density at radius 2 is 1.95 bits per heavy atom. The van der Waals surface area contributed by atoms with Crippen LogP contribution in [0.4, 0.5) is 0 Å². The SMILES string of the molecule is CC(NCCOCCO)c1ccc(S(N)(=O)=O)cc1. The topological polar surface area (TPSA) is 102 Å². The van der Waals surface area contributed by atoms with Crippen molar-refractivity contribution >= 4 is 10.0 Å². The van der Waals surface area contributed by atoms with E-state index in [1.165, 1.54) is 12.1 Å². The molecular formula is C12H20N2O4S. The van der Waals surface area contributed by atoms with Gasteiger partial charge in [0.05, 0.1) is 24.7 Å². The van der Waals surface area contributed by atoms with Crippen molar-refractivity contribution in [3.05, 3.63) is 29.8 Å². The second-order valence-corrected chi connectivity index (χ2v) is 5.69. The summed E-state index contributed by atoms with van der Waals surface area (Å²) in [5.74, 6) is 0. The maximum Gasteiger partial charge on any atom is 0.238 e. The second-order valence-electron chi connectivity index (χ2n) is 4.13. The molecule has 0 aliphatic carbocycles. The van der Waals surface area contributed by atoms with Crippen molar-refractivity contribution in [3.63, 3.8) is 0 Å². The summed E-state index contributed by atoms with van der Waals surface area (Å²) in [6, 6.07) is 6.51. The van der Waals surface area contributed by atoms with Gasteiger partial charge in [0.2, 0.25) is 10.0 Å². The van der Waals surface area contributed by atoms with Crippen LogP contribution in [0, 0.1) is 0 Å². The van der Waals surface area contributed by atoms with Gasteiger partial charge < -0.3 is 15.2 Å². The van der Waals surface area contributed by atoms with Gasteiger partial charge in [0, 0.05) is 12.6 Å². The van der Waals surface area contributed by atoms with Crippen molar-refractivity contribution in [2.24, 2.45) is 5.14 Å². The van der Waals surface area contributed by atoms with Gasteiger partial charge in [0.15, 0.2) is 0 Å². The van der Waals surface area contributed by atoms with E-state index >= 15 is 0 Å². The van der Waals surface area contributed by atoms with Gasteiger partial charge in [-0.3, -0.25) is 0 Å².